The van der Waals surface area contributed by atoms with Crippen molar-refractivity contribution in [2.75, 3.05) is 7.05 Å². The number of fused-ring (bicyclic) bond motifs is 1. The van der Waals surface area contributed by atoms with E-state index in [9.17, 15) is 4.79 Å². The van der Waals surface area contributed by atoms with E-state index in [2.05, 4.69) is 17.4 Å². The summed E-state index contributed by atoms with van der Waals surface area (Å²) in [4.78, 5) is 14.4. The Bertz CT molecular complexity index is 644. The maximum absolute atomic E-state index is 12.1. The van der Waals surface area contributed by atoms with Crippen LogP contribution >= 0.6 is 0 Å². The van der Waals surface area contributed by atoms with Crippen LogP contribution in [0.4, 0.5) is 0 Å². The van der Waals surface area contributed by atoms with Crippen LogP contribution in [0.5, 0.6) is 0 Å². The number of carbonyl (C=O) groups excluding carboxylic acids is 1. The van der Waals surface area contributed by atoms with Gasteiger partial charge in [-0.2, -0.15) is 0 Å². The van der Waals surface area contributed by atoms with Crippen molar-refractivity contribution in [3.05, 3.63) is 35.6 Å². The lowest BCUT2D eigenvalue weighted by molar-refractivity contribution is 0.0951. The summed E-state index contributed by atoms with van der Waals surface area (Å²) in [6.45, 7) is 0.627. The number of amides is 1. The average Bonchev–Trinajstić information content (AvgIpc) is 3.13. The third kappa shape index (κ3) is 2.66. The number of rotatable bonds is 4. The molecule has 0 radical (unpaired) electrons. The molecule has 0 unspecified atom stereocenters. The molecule has 1 aliphatic carbocycles. The molecule has 0 atom stereocenters. The molecule has 0 spiro atoms. The quantitative estimate of drug-likeness (QED) is 0.514. The number of para-hydroxylation sites is 1. The SMILES string of the molecule is CN(Cc1oc2ccccc2c1C(=O)NN)C1CCCC1. The maximum Gasteiger partial charge on any atom is 0.269 e. The van der Waals surface area contributed by atoms with Crippen molar-refractivity contribution in [3.63, 3.8) is 0 Å². The number of nitrogens with one attached hydrogen (secondary N) is 1. The Labute approximate surface area is 124 Å². The lowest BCUT2D eigenvalue weighted by Gasteiger charge is -2.23. The molecule has 2 aromatic rings. The molecule has 3 rings (SSSR count). The van der Waals surface area contributed by atoms with Crippen molar-refractivity contribution >= 4 is 16.9 Å². The first-order chi connectivity index (χ1) is 10.2. The molecule has 112 valence electrons. The zero-order valence-corrected chi connectivity index (χ0v) is 12.3. The molecule has 21 heavy (non-hydrogen) atoms. The van der Waals surface area contributed by atoms with E-state index in [1.54, 1.807) is 0 Å². The van der Waals surface area contributed by atoms with Crippen LogP contribution in [0.25, 0.3) is 11.0 Å². The number of carbonyl (C=O) groups is 1. The highest BCUT2D eigenvalue weighted by Gasteiger charge is 2.25. The minimum absolute atomic E-state index is 0.297. The summed E-state index contributed by atoms with van der Waals surface area (Å²) >= 11 is 0. The molecule has 0 aliphatic heterocycles. The van der Waals surface area contributed by atoms with Gasteiger partial charge >= 0.3 is 0 Å². The second-order valence-electron chi connectivity index (χ2n) is 5.72. The summed E-state index contributed by atoms with van der Waals surface area (Å²) in [5.74, 6) is 5.71. The normalized spacial score (nSPS) is 16.0. The first kappa shape index (κ1) is 14.1. The summed E-state index contributed by atoms with van der Waals surface area (Å²) in [6.07, 6.45) is 5.00. The number of hydrogen-bond acceptors (Lipinski definition) is 4. The Kier molecular flexibility index (Phi) is 3.94. The van der Waals surface area contributed by atoms with Gasteiger partial charge < -0.3 is 4.42 Å². The molecular formula is C16H21N3O2. The summed E-state index contributed by atoms with van der Waals surface area (Å²) in [5, 5.41) is 0.815. The molecular weight excluding hydrogens is 266 g/mol. The molecule has 1 heterocycles. The van der Waals surface area contributed by atoms with Crippen LogP contribution in [-0.4, -0.2) is 23.9 Å². The largest absolute Gasteiger partial charge is 0.459 e. The second-order valence-corrected chi connectivity index (χ2v) is 5.72. The van der Waals surface area contributed by atoms with Gasteiger partial charge in [0.2, 0.25) is 0 Å². The zero-order valence-electron chi connectivity index (χ0n) is 12.3. The molecule has 0 bridgehead atoms. The lowest BCUT2D eigenvalue weighted by Crippen LogP contribution is -2.32. The molecule has 1 amide bonds. The number of nitrogen functional groups attached to an aromatic ring is 1. The third-order valence-corrected chi connectivity index (χ3v) is 4.37. The number of benzene rings is 1. The fourth-order valence-corrected chi connectivity index (χ4v) is 3.23. The fraction of sp³-hybridized carbons (Fsp3) is 0.438. The zero-order chi connectivity index (χ0) is 14.8. The Morgan fingerprint density at radius 3 is 2.81 bits per heavy atom. The van der Waals surface area contributed by atoms with Crippen LogP contribution < -0.4 is 11.3 Å². The van der Waals surface area contributed by atoms with E-state index in [0.717, 1.165) is 11.0 Å². The van der Waals surface area contributed by atoms with Gasteiger partial charge in [0.25, 0.3) is 5.91 Å². The van der Waals surface area contributed by atoms with E-state index in [-0.39, 0.29) is 5.91 Å². The smallest absolute Gasteiger partial charge is 0.269 e. The monoisotopic (exact) mass is 287 g/mol. The van der Waals surface area contributed by atoms with Crippen molar-refractivity contribution in [2.24, 2.45) is 5.84 Å². The number of hydrogen-bond donors (Lipinski definition) is 2. The van der Waals surface area contributed by atoms with Crippen molar-refractivity contribution in [2.45, 2.75) is 38.3 Å². The molecule has 1 aliphatic rings. The lowest BCUT2D eigenvalue weighted by atomic mass is 10.1. The summed E-state index contributed by atoms with van der Waals surface area (Å²) in [6, 6.07) is 8.15. The minimum Gasteiger partial charge on any atom is -0.459 e. The molecule has 1 fully saturated rings. The van der Waals surface area contributed by atoms with Crippen molar-refractivity contribution < 1.29 is 9.21 Å². The first-order valence-corrected chi connectivity index (χ1v) is 7.42. The van der Waals surface area contributed by atoms with Gasteiger partial charge in [0.05, 0.1) is 12.1 Å². The Hall–Kier alpha value is -1.85. The topological polar surface area (TPSA) is 71.5 Å². The Morgan fingerprint density at radius 1 is 1.38 bits per heavy atom. The molecule has 3 N–H and O–H groups in total. The fourth-order valence-electron chi connectivity index (χ4n) is 3.23. The van der Waals surface area contributed by atoms with E-state index >= 15 is 0 Å². The van der Waals surface area contributed by atoms with Gasteiger partial charge in [0, 0.05) is 11.4 Å². The van der Waals surface area contributed by atoms with E-state index in [0.29, 0.717) is 23.9 Å². The summed E-state index contributed by atoms with van der Waals surface area (Å²) < 4.78 is 5.89. The van der Waals surface area contributed by atoms with Gasteiger partial charge in [-0.15, -0.1) is 0 Å². The van der Waals surface area contributed by atoms with E-state index in [1.807, 2.05) is 24.3 Å². The number of nitrogens with two attached hydrogens (primary N) is 1. The highest BCUT2D eigenvalue weighted by atomic mass is 16.3. The van der Waals surface area contributed by atoms with Crippen LogP contribution in [0.3, 0.4) is 0 Å². The van der Waals surface area contributed by atoms with Crippen molar-refractivity contribution in [1.29, 1.82) is 0 Å². The van der Waals surface area contributed by atoms with Gasteiger partial charge in [-0.25, -0.2) is 5.84 Å². The molecule has 1 aromatic heterocycles. The van der Waals surface area contributed by atoms with Gasteiger partial charge in [-0.1, -0.05) is 31.0 Å². The van der Waals surface area contributed by atoms with E-state index < -0.39 is 0 Å². The minimum atomic E-state index is -0.297. The maximum atomic E-state index is 12.1. The third-order valence-electron chi connectivity index (χ3n) is 4.37. The van der Waals surface area contributed by atoms with Crippen LogP contribution in [0.15, 0.2) is 28.7 Å². The second kappa shape index (κ2) is 5.87. The van der Waals surface area contributed by atoms with Gasteiger partial charge in [-0.05, 0) is 26.0 Å². The highest BCUT2D eigenvalue weighted by molar-refractivity contribution is 6.07. The average molecular weight is 287 g/mol. The molecule has 5 nitrogen and oxygen atoms in total. The molecule has 1 aromatic carbocycles. The van der Waals surface area contributed by atoms with E-state index in [1.165, 1.54) is 25.7 Å². The first-order valence-electron chi connectivity index (χ1n) is 7.42. The molecule has 1 saturated carbocycles. The van der Waals surface area contributed by atoms with Crippen LogP contribution in [0.2, 0.25) is 0 Å². The van der Waals surface area contributed by atoms with Crippen LogP contribution in [-0.2, 0) is 6.54 Å². The number of hydrazine groups is 1. The number of furan rings is 1. The highest BCUT2D eigenvalue weighted by Crippen LogP contribution is 2.29. The Morgan fingerprint density at radius 2 is 2.10 bits per heavy atom. The molecule has 0 saturated heterocycles. The van der Waals surface area contributed by atoms with Gasteiger partial charge in [-0.3, -0.25) is 15.1 Å². The van der Waals surface area contributed by atoms with Crippen LogP contribution in [0.1, 0.15) is 41.8 Å². The van der Waals surface area contributed by atoms with Crippen molar-refractivity contribution in [1.82, 2.24) is 10.3 Å². The van der Waals surface area contributed by atoms with Gasteiger partial charge in [0.1, 0.15) is 11.3 Å². The predicted octanol–water partition coefficient (Wildman–Crippen LogP) is 2.41. The van der Waals surface area contributed by atoms with Crippen molar-refractivity contribution in [3.8, 4) is 0 Å². The van der Waals surface area contributed by atoms with Gasteiger partial charge in [0.15, 0.2) is 0 Å². The Balaban J connectivity index is 1.94. The molecule has 5 heteroatoms. The number of nitrogens with zero attached hydrogens (tertiary/aromatic N) is 1. The standard InChI is InChI=1S/C16H21N3O2/c1-19(11-6-2-3-7-11)10-14-15(16(20)18-17)12-8-4-5-9-13(12)21-14/h4-5,8-9,11H,2-3,6-7,10,17H2,1H3,(H,18,20). The van der Waals surface area contributed by atoms with E-state index in [4.69, 9.17) is 10.3 Å². The van der Waals surface area contributed by atoms with Crippen LogP contribution in [0, 0.1) is 0 Å². The predicted molar refractivity (Wildman–Crippen MR) is 81.6 cm³/mol. The summed E-state index contributed by atoms with van der Waals surface area (Å²) in [5.41, 5.74) is 3.51. The summed E-state index contributed by atoms with van der Waals surface area (Å²) in [7, 11) is 2.09.